The smallest absolute Gasteiger partial charge is 0.143 e. The highest BCUT2D eigenvalue weighted by molar-refractivity contribution is 6.27. The number of aromatic nitrogens is 2. The molecule has 13 rings (SSSR count). The van der Waals surface area contributed by atoms with Gasteiger partial charge in [-0.25, -0.2) is 9.97 Å². The zero-order chi connectivity index (χ0) is 40.6. The first-order valence-corrected chi connectivity index (χ1v) is 21.2. The molecule has 286 valence electrons. The average Bonchev–Trinajstić information content (AvgIpc) is 3.83. The van der Waals surface area contributed by atoms with Gasteiger partial charge in [0.2, 0.25) is 0 Å². The first-order chi connectivity index (χ1) is 29.9. The predicted molar refractivity (Wildman–Crippen MR) is 256 cm³/mol. The zero-order valence-corrected chi connectivity index (χ0v) is 34.0. The second-order valence-corrected chi connectivity index (χ2v) is 17.6. The summed E-state index contributed by atoms with van der Waals surface area (Å²) in [6.45, 7) is 6.79. The number of hydrogen-bond donors (Lipinski definition) is 0. The first kappa shape index (κ1) is 34.3. The quantitative estimate of drug-likeness (QED) is 0.168. The Balaban J connectivity index is 1.14. The topological polar surface area (TPSA) is 38.9 Å². The molecule has 0 unspecified atom stereocenters. The van der Waals surface area contributed by atoms with E-state index in [1.54, 1.807) is 0 Å². The molecule has 2 aromatic heterocycles. The Bertz CT molecular complexity index is 3810. The highest BCUT2D eigenvalue weighted by Gasteiger charge is 2.28. The Morgan fingerprint density at radius 2 is 0.902 bits per heavy atom. The van der Waals surface area contributed by atoms with E-state index in [1.807, 2.05) is 12.1 Å². The maximum atomic E-state index is 7.12. The summed E-state index contributed by atoms with van der Waals surface area (Å²) in [4.78, 5) is 10.3. The molecule has 0 amide bonds. The van der Waals surface area contributed by atoms with Crippen LogP contribution < -0.4 is 0 Å². The lowest BCUT2D eigenvalue weighted by Gasteiger charge is -2.20. The Morgan fingerprint density at radius 3 is 1.66 bits per heavy atom. The lowest BCUT2D eigenvalue weighted by molar-refractivity contribution is 0.573. The highest BCUT2D eigenvalue weighted by Crippen LogP contribution is 2.51. The standard InChI is InChI=1S/C58H38N2O/c1-58(2,3)48-25-13-22-43-42-21-12-24-46(56(42)61-57(43)48)53-40-18-7-6-17-39(40)51(37-19-10-15-33-14-4-5-16-35(33)37)41-29-28-34(32-47(41)53)36-30-31-45-52-38(36)20-11-23-44(52)54-55(45)60-50-27-9-8-26-49(50)59-54/h4-32H,1-3H3. The Labute approximate surface area is 352 Å². The van der Waals surface area contributed by atoms with Crippen molar-refractivity contribution in [3.63, 3.8) is 0 Å². The summed E-state index contributed by atoms with van der Waals surface area (Å²) < 4.78 is 7.12. The minimum Gasteiger partial charge on any atom is -0.455 e. The van der Waals surface area contributed by atoms with Crippen LogP contribution >= 0.6 is 0 Å². The number of hydrogen-bond acceptors (Lipinski definition) is 3. The van der Waals surface area contributed by atoms with Crippen LogP contribution in [0.4, 0.5) is 0 Å². The van der Waals surface area contributed by atoms with Gasteiger partial charge < -0.3 is 4.42 Å². The number of fused-ring (bicyclic) bond motifs is 10. The number of nitrogens with zero attached hydrogens (tertiary/aromatic N) is 2. The second-order valence-electron chi connectivity index (χ2n) is 17.6. The van der Waals surface area contributed by atoms with Crippen molar-refractivity contribution in [1.29, 1.82) is 0 Å². The fourth-order valence-electron chi connectivity index (χ4n) is 10.4. The van der Waals surface area contributed by atoms with Crippen molar-refractivity contribution in [3.8, 4) is 55.9 Å². The minimum atomic E-state index is -0.0808. The fraction of sp³-hybridized carbons (Fsp3) is 0.0690. The van der Waals surface area contributed by atoms with E-state index in [0.717, 1.165) is 66.6 Å². The van der Waals surface area contributed by atoms with Crippen LogP contribution in [0.5, 0.6) is 0 Å². The van der Waals surface area contributed by atoms with Crippen molar-refractivity contribution in [2.45, 2.75) is 26.2 Å². The van der Waals surface area contributed by atoms with Crippen LogP contribution in [0, 0.1) is 0 Å². The van der Waals surface area contributed by atoms with Crippen LogP contribution in [0.3, 0.4) is 0 Å². The van der Waals surface area contributed by atoms with Crippen LogP contribution in [-0.2, 0) is 5.41 Å². The van der Waals surface area contributed by atoms with Gasteiger partial charge in [0.25, 0.3) is 0 Å². The molecule has 0 atom stereocenters. The lowest BCUT2D eigenvalue weighted by atomic mass is 9.83. The molecule has 1 aliphatic carbocycles. The van der Waals surface area contributed by atoms with E-state index in [4.69, 9.17) is 14.4 Å². The van der Waals surface area contributed by atoms with Gasteiger partial charge in [-0.05, 0) is 83.6 Å². The van der Waals surface area contributed by atoms with Gasteiger partial charge in [-0.2, -0.15) is 0 Å². The molecule has 0 saturated heterocycles. The summed E-state index contributed by atoms with van der Waals surface area (Å²) in [5, 5.41) is 12.0. The molecule has 0 spiro atoms. The van der Waals surface area contributed by atoms with Gasteiger partial charge in [-0.3, -0.25) is 0 Å². The maximum absolute atomic E-state index is 7.12. The van der Waals surface area contributed by atoms with Gasteiger partial charge in [-0.1, -0.05) is 178 Å². The van der Waals surface area contributed by atoms with E-state index >= 15 is 0 Å². The highest BCUT2D eigenvalue weighted by atomic mass is 16.3. The molecule has 2 heterocycles. The van der Waals surface area contributed by atoms with E-state index in [9.17, 15) is 0 Å². The molecule has 0 fully saturated rings. The van der Waals surface area contributed by atoms with E-state index in [0.29, 0.717) is 0 Å². The second kappa shape index (κ2) is 12.5. The van der Waals surface area contributed by atoms with Crippen molar-refractivity contribution in [3.05, 3.63) is 181 Å². The molecule has 61 heavy (non-hydrogen) atoms. The molecule has 3 nitrogen and oxygen atoms in total. The SMILES string of the molecule is CC(C)(C)c1cccc2c1oc1c(-c3c4ccccc4c(-c4cccc5ccccc45)c4ccc(-c5ccc6c7c(cccc57)-c5nc7ccccc7nc5-6)cc34)cccc12. The third kappa shape index (κ3) is 4.86. The summed E-state index contributed by atoms with van der Waals surface area (Å²) in [5.74, 6) is 0. The number of rotatable bonds is 3. The van der Waals surface area contributed by atoms with Crippen LogP contribution in [0.25, 0.3) is 132 Å². The van der Waals surface area contributed by atoms with Gasteiger partial charge in [0.15, 0.2) is 0 Å². The van der Waals surface area contributed by atoms with Gasteiger partial charge in [0.1, 0.15) is 11.2 Å². The fourth-order valence-corrected chi connectivity index (χ4v) is 10.4. The van der Waals surface area contributed by atoms with Crippen molar-refractivity contribution in [2.24, 2.45) is 0 Å². The van der Waals surface area contributed by atoms with Crippen LogP contribution in [-0.4, -0.2) is 9.97 Å². The Kier molecular flexibility index (Phi) is 6.99. The molecule has 0 N–H and O–H groups in total. The van der Waals surface area contributed by atoms with E-state index in [2.05, 4.69) is 185 Å². The summed E-state index contributed by atoms with van der Waals surface area (Å²) >= 11 is 0. The third-order valence-corrected chi connectivity index (χ3v) is 13.1. The Hall–Kier alpha value is -7.62. The Morgan fingerprint density at radius 1 is 0.377 bits per heavy atom. The monoisotopic (exact) mass is 778 g/mol. The van der Waals surface area contributed by atoms with Gasteiger partial charge in [0, 0.05) is 44.0 Å². The zero-order valence-electron chi connectivity index (χ0n) is 34.0. The van der Waals surface area contributed by atoms with Crippen molar-refractivity contribution in [1.82, 2.24) is 9.97 Å². The lowest BCUT2D eigenvalue weighted by Crippen LogP contribution is -2.10. The average molecular weight is 779 g/mol. The largest absolute Gasteiger partial charge is 0.455 e. The molecule has 0 aliphatic heterocycles. The summed E-state index contributed by atoms with van der Waals surface area (Å²) in [5.41, 5.74) is 16.1. The van der Waals surface area contributed by atoms with Crippen LogP contribution in [0.2, 0.25) is 0 Å². The van der Waals surface area contributed by atoms with Gasteiger partial charge in [0.05, 0.1) is 22.4 Å². The van der Waals surface area contributed by atoms with Crippen molar-refractivity contribution < 1.29 is 4.42 Å². The molecule has 12 aromatic rings. The number of para-hydroxylation sites is 4. The third-order valence-electron chi connectivity index (χ3n) is 13.1. The first-order valence-electron chi connectivity index (χ1n) is 21.2. The maximum Gasteiger partial charge on any atom is 0.143 e. The summed E-state index contributed by atoms with van der Waals surface area (Å²) in [6.07, 6.45) is 0. The van der Waals surface area contributed by atoms with Gasteiger partial charge in [-0.15, -0.1) is 0 Å². The molecule has 3 heteroatoms. The number of furan rings is 1. The molecule has 10 aromatic carbocycles. The molecular formula is C58H38N2O. The van der Waals surface area contributed by atoms with Crippen molar-refractivity contribution in [2.75, 3.05) is 0 Å². The molecule has 1 aliphatic rings. The van der Waals surface area contributed by atoms with Gasteiger partial charge >= 0.3 is 0 Å². The van der Waals surface area contributed by atoms with Crippen LogP contribution in [0.15, 0.2) is 180 Å². The number of benzene rings is 10. The molecule has 0 saturated carbocycles. The summed E-state index contributed by atoms with van der Waals surface area (Å²) in [6, 6.07) is 64.1. The predicted octanol–water partition coefficient (Wildman–Crippen LogP) is 16.1. The van der Waals surface area contributed by atoms with E-state index in [1.165, 1.54) is 70.9 Å². The summed E-state index contributed by atoms with van der Waals surface area (Å²) in [7, 11) is 0. The van der Waals surface area contributed by atoms with Crippen LogP contribution in [0.1, 0.15) is 26.3 Å². The molecule has 0 radical (unpaired) electrons. The van der Waals surface area contributed by atoms with E-state index in [-0.39, 0.29) is 5.41 Å². The van der Waals surface area contributed by atoms with E-state index < -0.39 is 0 Å². The molecule has 0 bridgehead atoms. The van der Waals surface area contributed by atoms with Crippen molar-refractivity contribution >= 4 is 76.1 Å². The molecular weight excluding hydrogens is 741 g/mol. The normalized spacial score (nSPS) is 12.5. The minimum absolute atomic E-state index is 0.0808.